The summed E-state index contributed by atoms with van der Waals surface area (Å²) in [6.45, 7) is 5.81. The fourth-order valence-corrected chi connectivity index (χ4v) is 4.23. The number of alkyl halides is 2. The Labute approximate surface area is 117 Å². The van der Waals surface area contributed by atoms with Crippen molar-refractivity contribution in [1.82, 2.24) is 5.32 Å². The molecule has 1 fully saturated rings. The van der Waals surface area contributed by atoms with E-state index < -0.39 is 6.93 Å². The summed E-state index contributed by atoms with van der Waals surface area (Å²) in [7, 11) is 0. The molecule has 108 valence electrons. The van der Waals surface area contributed by atoms with Crippen LogP contribution in [0.1, 0.15) is 41.0 Å². The Morgan fingerprint density at radius 2 is 2.05 bits per heavy atom. The highest BCUT2D eigenvalue weighted by atomic mass is 32.1. The molecule has 1 aromatic rings. The first kappa shape index (κ1) is 14.9. The van der Waals surface area contributed by atoms with Crippen LogP contribution in [0.25, 0.3) is 0 Å². The van der Waals surface area contributed by atoms with E-state index in [9.17, 15) is 8.78 Å². The fraction of sp³-hybridized carbons (Fsp3) is 0.714. The maximum Gasteiger partial charge on any atom is 0.229 e. The average Bonchev–Trinajstić information content (AvgIpc) is 2.80. The Kier molecular flexibility index (Phi) is 4.92. The second kappa shape index (κ2) is 6.29. The molecule has 5 heteroatoms. The molecule has 19 heavy (non-hydrogen) atoms. The first-order valence-corrected chi connectivity index (χ1v) is 7.52. The lowest BCUT2D eigenvalue weighted by atomic mass is 9.83. The molecular formula is C14H21F2NOS. The normalized spacial score (nSPS) is 24.5. The van der Waals surface area contributed by atoms with Crippen molar-refractivity contribution in [1.29, 1.82) is 0 Å². The summed E-state index contributed by atoms with van der Waals surface area (Å²) in [6, 6.07) is 2.37. The molecular weight excluding hydrogens is 268 g/mol. The quantitative estimate of drug-likeness (QED) is 0.787. The second-order valence-electron chi connectivity index (χ2n) is 5.20. The smallest absolute Gasteiger partial charge is 0.229 e. The van der Waals surface area contributed by atoms with E-state index in [0.717, 1.165) is 32.5 Å². The molecule has 0 bridgehead atoms. The highest BCUT2D eigenvalue weighted by molar-refractivity contribution is 7.12. The van der Waals surface area contributed by atoms with Crippen molar-refractivity contribution in [2.24, 2.45) is 0 Å². The zero-order valence-corrected chi connectivity index (χ0v) is 12.3. The van der Waals surface area contributed by atoms with Crippen LogP contribution in [0.2, 0.25) is 0 Å². The number of halogens is 2. The number of hydrogen-bond donors (Lipinski definition) is 1. The summed E-state index contributed by atoms with van der Waals surface area (Å²) in [6.07, 6.45) is 2.26. The molecule has 1 saturated heterocycles. The second-order valence-corrected chi connectivity index (χ2v) is 6.46. The molecule has 0 amide bonds. The Morgan fingerprint density at radius 3 is 2.68 bits per heavy atom. The largest absolute Gasteiger partial charge is 0.369 e. The lowest BCUT2D eigenvalue weighted by Gasteiger charge is -2.42. The van der Waals surface area contributed by atoms with Crippen LogP contribution >= 0.6 is 11.3 Å². The van der Waals surface area contributed by atoms with Gasteiger partial charge in [-0.1, -0.05) is 6.92 Å². The third kappa shape index (κ3) is 2.98. The third-order valence-electron chi connectivity index (χ3n) is 3.85. The number of hydrogen-bond acceptors (Lipinski definition) is 3. The van der Waals surface area contributed by atoms with E-state index in [1.165, 1.54) is 9.75 Å². The minimum absolute atomic E-state index is 0.0476. The zero-order chi connectivity index (χ0) is 13.9. The van der Waals surface area contributed by atoms with Gasteiger partial charge in [0.1, 0.15) is 5.60 Å². The Bertz CT molecular complexity index is 416. The van der Waals surface area contributed by atoms with Gasteiger partial charge in [-0.25, -0.2) is 8.78 Å². The van der Waals surface area contributed by atoms with Crippen molar-refractivity contribution in [3.05, 3.63) is 21.4 Å². The van der Waals surface area contributed by atoms with Crippen molar-refractivity contribution in [3.8, 4) is 0 Å². The van der Waals surface area contributed by atoms with E-state index in [1.54, 1.807) is 5.56 Å². The monoisotopic (exact) mass is 289 g/mol. The van der Waals surface area contributed by atoms with Gasteiger partial charge in [0.15, 0.2) is 0 Å². The Hall–Kier alpha value is -0.520. The number of nitrogens with one attached hydrogen (secondary N) is 1. The predicted molar refractivity (Wildman–Crippen MR) is 74.3 cm³/mol. The zero-order valence-electron chi connectivity index (χ0n) is 11.5. The van der Waals surface area contributed by atoms with Crippen molar-refractivity contribution < 1.29 is 13.5 Å². The van der Waals surface area contributed by atoms with E-state index in [-0.39, 0.29) is 5.60 Å². The van der Waals surface area contributed by atoms with Gasteiger partial charge in [0.05, 0.1) is 6.61 Å². The lowest BCUT2D eigenvalue weighted by molar-refractivity contribution is -0.0842. The van der Waals surface area contributed by atoms with Gasteiger partial charge >= 0.3 is 0 Å². The molecule has 1 N–H and O–H groups in total. The van der Waals surface area contributed by atoms with Crippen molar-refractivity contribution >= 4 is 11.3 Å². The van der Waals surface area contributed by atoms with Crippen molar-refractivity contribution in [2.45, 2.75) is 38.2 Å². The van der Waals surface area contributed by atoms with Crippen LogP contribution in [0.4, 0.5) is 8.78 Å². The summed E-state index contributed by atoms with van der Waals surface area (Å²) >= 11 is 1.95. The van der Waals surface area contributed by atoms with E-state index in [2.05, 4.69) is 25.2 Å². The molecule has 3 heterocycles. The molecule has 0 saturated carbocycles. The molecule has 1 unspecified atom stereocenters. The molecule has 2 nitrogen and oxygen atoms in total. The molecule has 3 rings (SSSR count). The molecule has 0 aromatic carbocycles. The molecule has 0 radical (unpaired) electrons. The number of ether oxygens (including phenoxy) is 1. The number of aryl methyl sites for hydroxylation is 1. The molecule has 2 aliphatic heterocycles. The molecule has 1 spiro atoms. The van der Waals surface area contributed by atoms with Gasteiger partial charge in [-0.05, 0) is 44.5 Å². The molecule has 1 aromatic heterocycles. The number of piperidine rings is 1. The minimum atomic E-state index is -1.75. The van der Waals surface area contributed by atoms with E-state index in [1.807, 2.05) is 11.3 Å². The molecule has 0 aliphatic carbocycles. The number of fused-ring (bicyclic) bond motifs is 2. The summed E-state index contributed by atoms with van der Waals surface area (Å²) < 4.78 is 25.5. The highest BCUT2D eigenvalue weighted by Gasteiger charge is 2.42. The Balaban J connectivity index is 0.000000408. The van der Waals surface area contributed by atoms with E-state index in [0.29, 0.717) is 5.92 Å². The van der Waals surface area contributed by atoms with Gasteiger partial charge in [0, 0.05) is 15.7 Å². The average molecular weight is 289 g/mol. The third-order valence-corrected chi connectivity index (χ3v) is 5.10. The summed E-state index contributed by atoms with van der Waals surface area (Å²) in [4.78, 5) is 2.95. The van der Waals surface area contributed by atoms with Gasteiger partial charge in [0.25, 0.3) is 0 Å². The van der Waals surface area contributed by atoms with Gasteiger partial charge < -0.3 is 10.1 Å². The van der Waals surface area contributed by atoms with Crippen LogP contribution < -0.4 is 5.32 Å². The number of rotatable bonds is 0. The first-order chi connectivity index (χ1) is 9.13. The molecule has 1 atom stereocenters. The van der Waals surface area contributed by atoms with Crippen LogP contribution in [-0.2, 0) is 10.3 Å². The van der Waals surface area contributed by atoms with Crippen molar-refractivity contribution in [3.63, 3.8) is 0 Å². The lowest BCUT2D eigenvalue weighted by Crippen LogP contribution is -2.44. The van der Waals surface area contributed by atoms with Gasteiger partial charge in [-0.3, -0.25) is 0 Å². The highest BCUT2D eigenvalue weighted by Crippen LogP contribution is 2.47. The summed E-state index contributed by atoms with van der Waals surface area (Å²) in [5.41, 5.74) is 1.60. The fourth-order valence-electron chi connectivity index (χ4n) is 2.90. The Morgan fingerprint density at radius 1 is 1.42 bits per heavy atom. The van der Waals surface area contributed by atoms with Gasteiger partial charge in [0.2, 0.25) is 6.93 Å². The van der Waals surface area contributed by atoms with Crippen LogP contribution in [-0.4, -0.2) is 26.6 Å². The first-order valence-electron chi connectivity index (χ1n) is 6.70. The summed E-state index contributed by atoms with van der Waals surface area (Å²) in [5, 5.41) is 3.43. The standard InChI is InChI=1S/C13H19NOS.CH2F2/c1-9-8-15-13(3-5-14-6-4-13)12-11(9)7-10(2)16-12;2-1-3/h7,9,14H,3-6,8H2,1-2H3;1H2. The number of thiophene rings is 1. The van der Waals surface area contributed by atoms with Crippen LogP contribution in [0.5, 0.6) is 0 Å². The van der Waals surface area contributed by atoms with Gasteiger partial charge in [-0.15, -0.1) is 11.3 Å². The van der Waals surface area contributed by atoms with Crippen LogP contribution in [0.15, 0.2) is 6.07 Å². The van der Waals surface area contributed by atoms with Crippen LogP contribution in [0, 0.1) is 6.92 Å². The van der Waals surface area contributed by atoms with Gasteiger partial charge in [-0.2, -0.15) is 0 Å². The molecule has 2 aliphatic rings. The van der Waals surface area contributed by atoms with Crippen molar-refractivity contribution in [2.75, 3.05) is 26.6 Å². The summed E-state index contributed by atoms with van der Waals surface area (Å²) in [5.74, 6) is 0.570. The topological polar surface area (TPSA) is 21.3 Å². The maximum atomic E-state index is 9.62. The predicted octanol–water partition coefficient (Wildman–Crippen LogP) is 3.65. The SMILES string of the molecule is Cc1cc2c(s1)C1(CCNCC1)OCC2C.FCF. The van der Waals surface area contributed by atoms with E-state index >= 15 is 0 Å². The maximum absolute atomic E-state index is 9.62. The van der Waals surface area contributed by atoms with Crippen LogP contribution in [0.3, 0.4) is 0 Å². The van der Waals surface area contributed by atoms with E-state index in [4.69, 9.17) is 4.74 Å². The minimum Gasteiger partial charge on any atom is -0.369 e.